The van der Waals surface area contributed by atoms with Gasteiger partial charge in [0.2, 0.25) is 5.89 Å². The van der Waals surface area contributed by atoms with Gasteiger partial charge in [0.05, 0.1) is 12.7 Å². The number of hydrogen-bond acceptors (Lipinski definition) is 3. The summed E-state index contributed by atoms with van der Waals surface area (Å²) in [5, 5.41) is 0. The van der Waals surface area contributed by atoms with E-state index in [4.69, 9.17) is 4.42 Å². The molecule has 100 valence electrons. The lowest BCUT2D eigenvalue weighted by Gasteiger charge is -2.14. The van der Waals surface area contributed by atoms with E-state index in [1.54, 1.807) is 12.1 Å². The minimum absolute atomic E-state index is 0.196. The molecule has 1 fully saturated rings. The second-order valence-electron chi connectivity index (χ2n) is 5.23. The van der Waals surface area contributed by atoms with E-state index in [1.165, 1.54) is 18.9 Å². The van der Waals surface area contributed by atoms with Gasteiger partial charge < -0.3 is 4.42 Å². The highest BCUT2D eigenvalue weighted by Gasteiger charge is 2.27. The van der Waals surface area contributed by atoms with Crippen molar-refractivity contribution < 1.29 is 8.81 Å². The molecular formula is C15H17FN2O. The van der Waals surface area contributed by atoms with E-state index in [1.807, 2.05) is 19.3 Å². The topological polar surface area (TPSA) is 29.3 Å². The number of hydrogen-bond donors (Lipinski definition) is 0. The summed E-state index contributed by atoms with van der Waals surface area (Å²) in [5.74, 6) is 2.14. The average molecular weight is 260 g/mol. The van der Waals surface area contributed by atoms with E-state index in [0.717, 1.165) is 17.2 Å². The summed E-state index contributed by atoms with van der Waals surface area (Å²) in [5.41, 5.74) is 0.955. The quantitative estimate of drug-likeness (QED) is 0.825. The maximum atomic E-state index is 13.1. The molecule has 0 unspecified atom stereocenters. The van der Waals surface area contributed by atoms with Crippen LogP contribution in [-0.4, -0.2) is 16.9 Å². The van der Waals surface area contributed by atoms with Crippen molar-refractivity contribution in [1.29, 1.82) is 0 Å². The zero-order valence-electron chi connectivity index (χ0n) is 11.0. The third-order valence-corrected chi connectivity index (χ3v) is 3.30. The molecule has 3 nitrogen and oxygen atoms in total. The van der Waals surface area contributed by atoms with Gasteiger partial charge >= 0.3 is 0 Å². The molecule has 0 radical (unpaired) electrons. The molecule has 4 heteroatoms. The maximum absolute atomic E-state index is 13.1. The first-order valence-corrected chi connectivity index (χ1v) is 6.58. The largest absolute Gasteiger partial charge is 0.444 e. The molecule has 1 saturated carbocycles. The summed E-state index contributed by atoms with van der Waals surface area (Å²) >= 11 is 0. The molecule has 1 aromatic heterocycles. The van der Waals surface area contributed by atoms with Gasteiger partial charge in [-0.05, 0) is 37.6 Å². The van der Waals surface area contributed by atoms with Crippen LogP contribution >= 0.6 is 0 Å². The molecule has 3 rings (SSSR count). The summed E-state index contributed by atoms with van der Waals surface area (Å²) in [4.78, 5) is 6.36. The van der Waals surface area contributed by atoms with Gasteiger partial charge in [-0.2, -0.15) is 0 Å². The van der Waals surface area contributed by atoms with E-state index in [2.05, 4.69) is 9.88 Å². The molecule has 0 aliphatic heterocycles. The molecular weight excluding hydrogens is 243 g/mol. The van der Waals surface area contributed by atoms with E-state index in [0.29, 0.717) is 19.0 Å². The first-order valence-electron chi connectivity index (χ1n) is 6.58. The number of halogens is 1. The van der Waals surface area contributed by atoms with Crippen molar-refractivity contribution in [2.75, 3.05) is 7.05 Å². The average Bonchev–Trinajstić information content (AvgIpc) is 3.11. The van der Waals surface area contributed by atoms with Crippen molar-refractivity contribution in [3.05, 3.63) is 53.5 Å². The molecule has 2 aromatic rings. The Labute approximate surface area is 112 Å². The lowest BCUT2D eigenvalue weighted by Crippen LogP contribution is -2.17. The molecule has 1 aliphatic carbocycles. The van der Waals surface area contributed by atoms with Gasteiger partial charge in [0.1, 0.15) is 11.6 Å². The second-order valence-corrected chi connectivity index (χ2v) is 5.23. The minimum atomic E-state index is -0.196. The van der Waals surface area contributed by atoms with Gasteiger partial charge in [0.25, 0.3) is 0 Å². The van der Waals surface area contributed by atoms with Crippen LogP contribution in [0.4, 0.5) is 4.39 Å². The zero-order chi connectivity index (χ0) is 13.2. The van der Waals surface area contributed by atoms with Crippen LogP contribution in [0.2, 0.25) is 0 Å². The van der Waals surface area contributed by atoms with Crippen LogP contribution in [0, 0.1) is 5.82 Å². The zero-order valence-corrected chi connectivity index (χ0v) is 11.0. The highest BCUT2D eigenvalue weighted by atomic mass is 19.1. The monoisotopic (exact) mass is 260 g/mol. The van der Waals surface area contributed by atoms with Crippen LogP contribution in [0.25, 0.3) is 0 Å². The van der Waals surface area contributed by atoms with Gasteiger partial charge in [0.15, 0.2) is 0 Å². The van der Waals surface area contributed by atoms with Crippen LogP contribution in [-0.2, 0) is 13.1 Å². The Kier molecular flexibility index (Phi) is 3.34. The number of nitrogens with zero attached hydrogens (tertiary/aromatic N) is 2. The van der Waals surface area contributed by atoms with Crippen LogP contribution in [0.3, 0.4) is 0 Å². The Balaban J connectivity index is 1.59. The molecule has 1 aromatic carbocycles. The SMILES string of the molecule is CN(Cc1cccc(F)c1)Cc1ncc(C2CC2)o1. The number of rotatable bonds is 5. The lowest BCUT2D eigenvalue weighted by molar-refractivity contribution is 0.277. The molecule has 0 atom stereocenters. The van der Waals surface area contributed by atoms with Gasteiger partial charge in [0, 0.05) is 12.5 Å². The van der Waals surface area contributed by atoms with E-state index < -0.39 is 0 Å². The Morgan fingerprint density at radius 3 is 2.95 bits per heavy atom. The molecule has 0 amide bonds. The fourth-order valence-electron chi connectivity index (χ4n) is 2.19. The fourth-order valence-corrected chi connectivity index (χ4v) is 2.19. The summed E-state index contributed by atoms with van der Waals surface area (Å²) in [6, 6.07) is 6.67. The molecule has 0 N–H and O–H groups in total. The van der Waals surface area contributed by atoms with Gasteiger partial charge in [-0.3, -0.25) is 4.90 Å². The molecule has 0 saturated heterocycles. The molecule has 1 aliphatic rings. The van der Waals surface area contributed by atoms with E-state index in [9.17, 15) is 4.39 Å². The summed E-state index contributed by atoms with van der Waals surface area (Å²) < 4.78 is 18.8. The Hall–Kier alpha value is -1.68. The first kappa shape index (κ1) is 12.4. The minimum Gasteiger partial charge on any atom is -0.444 e. The lowest BCUT2D eigenvalue weighted by atomic mass is 10.2. The first-order chi connectivity index (χ1) is 9.20. The van der Waals surface area contributed by atoms with Crippen molar-refractivity contribution in [3.8, 4) is 0 Å². The number of oxazole rings is 1. The number of aromatic nitrogens is 1. The number of benzene rings is 1. The van der Waals surface area contributed by atoms with Gasteiger partial charge in [-0.15, -0.1) is 0 Å². The Morgan fingerprint density at radius 1 is 1.37 bits per heavy atom. The maximum Gasteiger partial charge on any atom is 0.208 e. The molecule has 19 heavy (non-hydrogen) atoms. The van der Waals surface area contributed by atoms with Crippen molar-refractivity contribution in [2.45, 2.75) is 31.8 Å². The van der Waals surface area contributed by atoms with Crippen molar-refractivity contribution in [1.82, 2.24) is 9.88 Å². The Bertz CT molecular complexity index is 563. The standard InChI is InChI=1S/C15H17FN2O/c1-18(9-11-3-2-4-13(16)7-11)10-15-17-8-14(19-15)12-5-6-12/h2-4,7-8,12H,5-6,9-10H2,1H3. The van der Waals surface area contributed by atoms with Crippen LogP contribution in [0.15, 0.2) is 34.9 Å². The van der Waals surface area contributed by atoms with Gasteiger partial charge in [-0.25, -0.2) is 9.37 Å². The Morgan fingerprint density at radius 2 is 2.21 bits per heavy atom. The van der Waals surface area contributed by atoms with Crippen molar-refractivity contribution in [2.24, 2.45) is 0 Å². The highest BCUT2D eigenvalue weighted by Crippen LogP contribution is 2.40. The van der Waals surface area contributed by atoms with Crippen LogP contribution < -0.4 is 0 Å². The fraction of sp³-hybridized carbons (Fsp3) is 0.400. The van der Waals surface area contributed by atoms with Gasteiger partial charge in [-0.1, -0.05) is 12.1 Å². The summed E-state index contributed by atoms with van der Waals surface area (Å²) in [6.45, 7) is 1.32. The summed E-state index contributed by atoms with van der Waals surface area (Å²) in [7, 11) is 1.98. The van der Waals surface area contributed by atoms with Crippen molar-refractivity contribution in [3.63, 3.8) is 0 Å². The van der Waals surface area contributed by atoms with E-state index in [-0.39, 0.29) is 5.82 Å². The molecule has 0 bridgehead atoms. The van der Waals surface area contributed by atoms with Crippen molar-refractivity contribution >= 4 is 0 Å². The highest BCUT2D eigenvalue weighted by molar-refractivity contribution is 5.16. The molecule has 1 heterocycles. The van der Waals surface area contributed by atoms with Crippen LogP contribution in [0.5, 0.6) is 0 Å². The third-order valence-electron chi connectivity index (χ3n) is 3.30. The smallest absolute Gasteiger partial charge is 0.208 e. The predicted molar refractivity (Wildman–Crippen MR) is 70.0 cm³/mol. The second kappa shape index (κ2) is 5.13. The van der Waals surface area contributed by atoms with Crippen LogP contribution in [0.1, 0.15) is 36.0 Å². The molecule has 0 spiro atoms. The third kappa shape index (κ3) is 3.20. The van der Waals surface area contributed by atoms with E-state index >= 15 is 0 Å². The summed E-state index contributed by atoms with van der Waals surface area (Å²) in [6.07, 6.45) is 4.27. The normalized spacial score (nSPS) is 15.1. The predicted octanol–water partition coefficient (Wildman–Crippen LogP) is 3.32.